The van der Waals surface area contributed by atoms with Crippen molar-refractivity contribution >= 4 is 23.0 Å². The molecule has 0 fully saturated rings. The molecule has 3 rings (SSSR count). The summed E-state index contributed by atoms with van der Waals surface area (Å²) in [6.45, 7) is 3.32. The average molecular weight is 333 g/mol. The molecule has 0 unspecified atom stereocenters. The minimum Gasteiger partial charge on any atom is -0.506 e. The van der Waals surface area contributed by atoms with Crippen molar-refractivity contribution in [1.82, 2.24) is 9.38 Å². The number of phenols is 1. The fourth-order valence-electron chi connectivity index (χ4n) is 2.68. The van der Waals surface area contributed by atoms with Crippen LogP contribution in [0.25, 0.3) is 16.9 Å². The number of carbonyl (C=O) groups is 1. The van der Waals surface area contributed by atoms with Gasteiger partial charge in [0.2, 0.25) is 0 Å². The van der Waals surface area contributed by atoms with E-state index in [9.17, 15) is 14.3 Å². The van der Waals surface area contributed by atoms with Gasteiger partial charge in [0.05, 0.1) is 16.4 Å². The van der Waals surface area contributed by atoms with Crippen LogP contribution < -0.4 is 0 Å². The molecular formula is C17H14ClFN2O2. The van der Waals surface area contributed by atoms with Gasteiger partial charge >= 0.3 is 0 Å². The van der Waals surface area contributed by atoms with Crippen LogP contribution in [-0.4, -0.2) is 20.3 Å². The lowest BCUT2D eigenvalue weighted by Gasteiger charge is -2.10. The molecule has 0 spiro atoms. The summed E-state index contributed by atoms with van der Waals surface area (Å²) in [5.74, 6) is -0.775. The first-order valence-electron chi connectivity index (χ1n) is 7.13. The lowest BCUT2D eigenvalue weighted by Crippen LogP contribution is -2.06. The normalized spacial score (nSPS) is 11.1. The van der Waals surface area contributed by atoms with E-state index in [1.54, 1.807) is 6.07 Å². The van der Waals surface area contributed by atoms with Gasteiger partial charge in [-0.2, -0.15) is 0 Å². The van der Waals surface area contributed by atoms with Gasteiger partial charge in [-0.05, 0) is 36.8 Å². The van der Waals surface area contributed by atoms with Crippen molar-refractivity contribution in [2.75, 3.05) is 0 Å². The van der Waals surface area contributed by atoms with Crippen LogP contribution in [0.2, 0.25) is 5.02 Å². The molecule has 0 atom stereocenters. The Bertz CT molecular complexity index is 934. The second-order valence-electron chi connectivity index (χ2n) is 5.21. The largest absolute Gasteiger partial charge is 0.506 e. The summed E-state index contributed by atoms with van der Waals surface area (Å²) in [5, 5.41) is 9.67. The maximum atomic E-state index is 14.5. The van der Waals surface area contributed by atoms with E-state index in [1.807, 2.05) is 6.92 Å². The van der Waals surface area contributed by atoms with Crippen LogP contribution in [0.4, 0.5) is 4.39 Å². The highest BCUT2D eigenvalue weighted by molar-refractivity contribution is 6.32. The van der Waals surface area contributed by atoms with Crippen LogP contribution >= 0.6 is 11.6 Å². The number of rotatable bonds is 3. The zero-order chi connectivity index (χ0) is 16.7. The van der Waals surface area contributed by atoms with Crippen LogP contribution in [0, 0.1) is 5.82 Å². The number of halogens is 2. The van der Waals surface area contributed by atoms with Gasteiger partial charge in [-0.15, -0.1) is 0 Å². The minimum atomic E-state index is -0.498. The number of aromatic nitrogens is 2. The predicted octanol–water partition coefficient (Wildman–Crippen LogP) is 4.26. The molecule has 0 aliphatic carbocycles. The van der Waals surface area contributed by atoms with Crippen LogP contribution in [0.5, 0.6) is 5.75 Å². The Morgan fingerprint density at radius 1 is 1.35 bits per heavy atom. The highest BCUT2D eigenvalue weighted by Gasteiger charge is 2.21. The summed E-state index contributed by atoms with van der Waals surface area (Å²) >= 11 is 5.94. The molecular weight excluding hydrogens is 319 g/mol. The number of hydrogen-bond acceptors (Lipinski definition) is 3. The third kappa shape index (κ3) is 2.47. The first kappa shape index (κ1) is 15.5. The number of phenolic OH excluding ortho intramolecular Hbond substituents is 1. The van der Waals surface area contributed by atoms with Crippen molar-refractivity contribution < 1.29 is 14.3 Å². The van der Waals surface area contributed by atoms with Gasteiger partial charge in [0.25, 0.3) is 0 Å². The number of hydrogen-bond donors (Lipinski definition) is 1. The number of aromatic hydroxyl groups is 1. The third-order valence-electron chi connectivity index (χ3n) is 3.69. The number of Topliss-reactive ketones (excluding diaryl/α,β-unsaturated/α-hetero) is 1. The predicted molar refractivity (Wildman–Crippen MR) is 86.6 cm³/mol. The number of benzene rings is 1. The summed E-state index contributed by atoms with van der Waals surface area (Å²) in [7, 11) is 0. The van der Waals surface area contributed by atoms with Crippen molar-refractivity contribution in [3.05, 3.63) is 52.6 Å². The zero-order valence-electron chi connectivity index (χ0n) is 12.6. The Morgan fingerprint density at radius 2 is 2.09 bits per heavy atom. The summed E-state index contributed by atoms with van der Waals surface area (Å²) in [4.78, 5) is 16.5. The number of nitrogens with zero attached hydrogens (tertiary/aromatic N) is 2. The summed E-state index contributed by atoms with van der Waals surface area (Å²) in [6, 6.07) is 7.24. The fraction of sp³-hybridized carbons (Fsp3) is 0.176. The van der Waals surface area contributed by atoms with Crippen molar-refractivity contribution in [3.8, 4) is 17.0 Å². The molecule has 2 heterocycles. The van der Waals surface area contributed by atoms with Crippen molar-refractivity contribution in [3.63, 3.8) is 0 Å². The van der Waals surface area contributed by atoms with Crippen LogP contribution in [0.3, 0.4) is 0 Å². The molecule has 1 N–H and O–H groups in total. The van der Waals surface area contributed by atoms with Gasteiger partial charge in [-0.1, -0.05) is 18.5 Å². The number of carbonyl (C=O) groups excluding carboxylic acids is 1. The molecule has 1 aromatic carbocycles. The third-order valence-corrected chi connectivity index (χ3v) is 4.00. The van der Waals surface area contributed by atoms with Gasteiger partial charge in [-0.25, -0.2) is 9.37 Å². The summed E-state index contributed by atoms with van der Waals surface area (Å²) in [5.41, 5.74) is 2.13. The smallest absolute Gasteiger partial charge is 0.178 e. The number of fused-ring (bicyclic) bond motifs is 1. The lowest BCUT2D eigenvalue weighted by molar-refractivity contribution is 0.101. The maximum Gasteiger partial charge on any atom is 0.178 e. The molecule has 23 heavy (non-hydrogen) atoms. The van der Waals surface area contributed by atoms with E-state index in [2.05, 4.69) is 4.98 Å². The van der Waals surface area contributed by atoms with Gasteiger partial charge in [0.1, 0.15) is 22.9 Å². The van der Waals surface area contributed by atoms with Crippen molar-refractivity contribution in [1.29, 1.82) is 0 Å². The van der Waals surface area contributed by atoms with E-state index in [1.165, 1.54) is 35.6 Å². The Hall–Kier alpha value is -2.40. The first-order valence-corrected chi connectivity index (χ1v) is 7.51. The molecule has 0 saturated carbocycles. The monoisotopic (exact) mass is 332 g/mol. The van der Waals surface area contributed by atoms with E-state index in [0.717, 1.165) is 0 Å². The van der Waals surface area contributed by atoms with Gasteiger partial charge in [-0.3, -0.25) is 9.20 Å². The topological polar surface area (TPSA) is 54.6 Å². The Labute approximate surface area is 137 Å². The SMILES string of the molecule is CCc1nc2ccc(F)c(-c3ccc(O)c(Cl)c3)n2c1C(C)=O. The molecule has 6 heteroatoms. The Kier molecular flexibility index (Phi) is 3.82. The highest BCUT2D eigenvalue weighted by Crippen LogP contribution is 2.32. The van der Waals surface area contributed by atoms with Gasteiger partial charge < -0.3 is 5.11 Å². The molecule has 0 aliphatic heterocycles. The van der Waals surface area contributed by atoms with E-state index < -0.39 is 5.82 Å². The van der Waals surface area contributed by atoms with E-state index >= 15 is 0 Å². The first-order chi connectivity index (χ1) is 10.9. The van der Waals surface area contributed by atoms with Crippen LogP contribution in [-0.2, 0) is 6.42 Å². The number of ketones is 1. The highest BCUT2D eigenvalue weighted by atomic mass is 35.5. The van der Waals surface area contributed by atoms with E-state index in [0.29, 0.717) is 29.0 Å². The van der Waals surface area contributed by atoms with Gasteiger partial charge in [0.15, 0.2) is 5.78 Å². The second-order valence-corrected chi connectivity index (χ2v) is 5.61. The van der Waals surface area contributed by atoms with Crippen LogP contribution in [0.15, 0.2) is 30.3 Å². The molecule has 0 saturated heterocycles. The van der Waals surface area contributed by atoms with Crippen LogP contribution in [0.1, 0.15) is 30.0 Å². The molecule has 4 nitrogen and oxygen atoms in total. The van der Waals surface area contributed by atoms with E-state index in [-0.39, 0.29) is 22.2 Å². The van der Waals surface area contributed by atoms with Crippen molar-refractivity contribution in [2.45, 2.75) is 20.3 Å². The Balaban J connectivity index is 2.43. The molecule has 0 bridgehead atoms. The van der Waals surface area contributed by atoms with Crippen molar-refractivity contribution in [2.24, 2.45) is 0 Å². The minimum absolute atomic E-state index is 0.0883. The fourth-order valence-corrected chi connectivity index (χ4v) is 2.87. The quantitative estimate of drug-likeness (QED) is 0.729. The number of aryl methyl sites for hydroxylation is 1. The summed E-state index contributed by atoms with van der Waals surface area (Å²) < 4.78 is 16.0. The summed E-state index contributed by atoms with van der Waals surface area (Å²) in [6.07, 6.45) is 0.563. The molecule has 0 amide bonds. The number of imidazole rings is 1. The molecule has 3 aromatic rings. The zero-order valence-corrected chi connectivity index (χ0v) is 13.4. The Morgan fingerprint density at radius 3 is 2.70 bits per heavy atom. The molecule has 118 valence electrons. The molecule has 2 aromatic heterocycles. The average Bonchev–Trinajstić information content (AvgIpc) is 2.89. The standard InChI is InChI=1S/C17H14ClFN2O2/c1-3-13-16(9(2)22)21-15(20-13)7-5-12(19)17(21)10-4-6-14(23)11(18)8-10/h4-8,23H,3H2,1-2H3. The maximum absolute atomic E-state index is 14.5. The lowest BCUT2D eigenvalue weighted by atomic mass is 10.1. The number of pyridine rings is 1. The van der Waals surface area contributed by atoms with E-state index in [4.69, 9.17) is 11.6 Å². The molecule has 0 radical (unpaired) electrons. The second kappa shape index (κ2) is 5.66. The van der Waals surface area contributed by atoms with Gasteiger partial charge in [0, 0.05) is 12.5 Å². The molecule has 0 aliphatic rings.